The van der Waals surface area contributed by atoms with Crippen LogP contribution in [-0.4, -0.2) is 50.0 Å². The van der Waals surface area contributed by atoms with Gasteiger partial charge in [0.15, 0.2) is 0 Å². The second-order valence-electron chi connectivity index (χ2n) is 6.75. The van der Waals surface area contributed by atoms with Crippen LogP contribution in [0.1, 0.15) is 11.4 Å². The predicted octanol–water partition coefficient (Wildman–Crippen LogP) is 0.973. The van der Waals surface area contributed by atoms with Gasteiger partial charge in [0, 0.05) is 17.5 Å². The fourth-order valence-electron chi connectivity index (χ4n) is 3.44. The number of sulfonamides is 1. The number of quaternary nitrogens is 1. The molecule has 3 rings (SSSR count). The molecule has 2 heterocycles. The van der Waals surface area contributed by atoms with Crippen LogP contribution in [0.15, 0.2) is 35.2 Å². The molecule has 1 saturated heterocycles. The van der Waals surface area contributed by atoms with Crippen LogP contribution < -0.4 is 4.90 Å². The Morgan fingerprint density at radius 2 is 1.65 bits per heavy atom. The van der Waals surface area contributed by atoms with E-state index in [1.54, 1.807) is 0 Å². The molecule has 1 aromatic heterocycles. The minimum absolute atomic E-state index is 0.331. The maximum Gasteiger partial charge on any atom is 0.246 e. The Morgan fingerprint density at radius 1 is 1.04 bits per heavy atom. The monoisotopic (exact) mass is 384 g/mol. The van der Waals surface area contributed by atoms with Crippen LogP contribution in [0, 0.1) is 25.5 Å². The Labute approximate surface area is 152 Å². The van der Waals surface area contributed by atoms with E-state index < -0.39 is 26.6 Å². The zero-order chi connectivity index (χ0) is 18.9. The number of nitrogens with zero attached hydrogens (tertiary/aromatic N) is 2. The smallest absolute Gasteiger partial charge is 0.246 e. The van der Waals surface area contributed by atoms with Crippen molar-refractivity contribution in [1.82, 2.24) is 8.87 Å². The highest BCUT2D eigenvalue weighted by atomic mass is 32.2. The van der Waals surface area contributed by atoms with Crippen molar-refractivity contribution >= 4 is 10.0 Å². The Morgan fingerprint density at radius 3 is 2.23 bits per heavy atom. The molecule has 26 heavy (non-hydrogen) atoms. The molecule has 0 saturated carbocycles. The summed E-state index contributed by atoms with van der Waals surface area (Å²) in [7, 11) is -3.93. The average molecular weight is 384 g/mol. The first-order chi connectivity index (χ1) is 12.3. The summed E-state index contributed by atoms with van der Waals surface area (Å²) in [6, 6.07) is 6.75. The molecule has 1 N–H and O–H groups in total. The molecule has 1 fully saturated rings. The maximum atomic E-state index is 13.9. The molecule has 1 aromatic carbocycles. The third kappa shape index (κ3) is 3.82. The number of piperazine rings is 1. The Kier molecular flexibility index (Phi) is 5.45. The minimum atomic E-state index is -3.93. The van der Waals surface area contributed by atoms with Crippen LogP contribution >= 0.6 is 0 Å². The van der Waals surface area contributed by atoms with Gasteiger partial charge in [0.25, 0.3) is 0 Å². The van der Waals surface area contributed by atoms with Gasteiger partial charge in [-0.2, -0.15) is 4.31 Å². The van der Waals surface area contributed by atoms with E-state index in [4.69, 9.17) is 0 Å². The first-order valence-corrected chi connectivity index (χ1v) is 10.1. The van der Waals surface area contributed by atoms with Crippen LogP contribution in [0.3, 0.4) is 0 Å². The van der Waals surface area contributed by atoms with Crippen molar-refractivity contribution in [2.45, 2.75) is 25.3 Å². The van der Waals surface area contributed by atoms with Gasteiger partial charge in [0.2, 0.25) is 10.0 Å². The SMILES string of the molecule is Cc1ccc(C)n1CC[NH+]1CCN(S(=O)(=O)c2ccc(F)cc2F)CC1. The summed E-state index contributed by atoms with van der Waals surface area (Å²) in [6.07, 6.45) is 0. The molecule has 0 unspecified atom stereocenters. The van der Waals surface area contributed by atoms with Crippen molar-refractivity contribution in [2.75, 3.05) is 32.7 Å². The molecular weight excluding hydrogens is 360 g/mol. The summed E-state index contributed by atoms with van der Waals surface area (Å²) in [5, 5.41) is 0. The van der Waals surface area contributed by atoms with Gasteiger partial charge in [-0.25, -0.2) is 17.2 Å². The van der Waals surface area contributed by atoms with E-state index in [9.17, 15) is 17.2 Å². The molecule has 0 bridgehead atoms. The van der Waals surface area contributed by atoms with Gasteiger partial charge >= 0.3 is 0 Å². The number of nitrogens with one attached hydrogen (secondary N) is 1. The number of aromatic nitrogens is 1. The van der Waals surface area contributed by atoms with Crippen molar-refractivity contribution in [3.8, 4) is 0 Å². The van der Waals surface area contributed by atoms with E-state index in [1.807, 2.05) is 0 Å². The molecule has 0 aliphatic carbocycles. The van der Waals surface area contributed by atoms with Gasteiger partial charge < -0.3 is 9.47 Å². The highest BCUT2D eigenvalue weighted by Gasteiger charge is 2.32. The zero-order valence-electron chi connectivity index (χ0n) is 15.0. The lowest BCUT2D eigenvalue weighted by molar-refractivity contribution is -0.904. The summed E-state index contributed by atoms with van der Waals surface area (Å²) in [6.45, 7) is 7.95. The fourth-order valence-corrected chi connectivity index (χ4v) is 4.93. The van der Waals surface area contributed by atoms with Gasteiger partial charge in [-0.15, -0.1) is 0 Å². The third-order valence-corrected chi connectivity index (χ3v) is 6.98. The van der Waals surface area contributed by atoms with Crippen molar-refractivity contribution in [3.05, 3.63) is 53.4 Å². The minimum Gasteiger partial charge on any atom is -0.344 e. The van der Waals surface area contributed by atoms with Crippen molar-refractivity contribution in [3.63, 3.8) is 0 Å². The van der Waals surface area contributed by atoms with Gasteiger partial charge in [0.1, 0.15) is 16.5 Å². The first kappa shape index (κ1) is 19.0. The molecule has 0 amide bonds. The summed E-state index contributed by atoms with van der Waals surface area (Å²) >= 11 is 0. The van der Waals surface area contributed by atoms with Crippen LogP contribution in [0.2, 0.25) is 0 Å². The van der Waals surface area contributed by atoms with Crippen molar-refractivity contribution < 1.29 is 22.1 Å². The number of benzene rings is 1. The zero-order valence-corrected chi connectivity index (χ0v) is 15.8. The van der Waals surface area contributed by atoms with Crippen LogP contribution in [0.25, 0.3) is 0 Å². The first-order valence-electron chi connectivity index (χ1n) is 8.70. The summed E-state index contributed by atoms with van der Waals surface area (Å²) < 4.78 is 55.7. The Bertz CT molecular complexity index is 868. The topological polar surface area (TPSA) is 46.8 Å². The quantitative estimate of drug-likeness (QED) is 0.835. The van der Waals surface area contributed by atoms with Crippen molar-refractivity contribution in [2.24, 2.45) is 0 Å². The molecule has 0 atom stereocenters. The van der Waals surface area contributed by atoms with E-state index in [1.165, 1.54) is 20.6 Å². The van der Waals surface area contributed by atoms with E-state index in [0.29, 0.717) is 32.2 Å². The Balaban J connectivity index is 1.61. The second kappa shape index (κ2) is 7.46. The molecule has 8 heteroatoms. The van der Waals surface area contributed by atoms with Crippen LogP contribution in [0.4, 0.5) is 8.78 Å². The standard InChI is InChI=1S/C18H23F2N3O2S/c1-14-3-4-15(2)23(14)12-9-21-7-10-22(11-8-21)26(24,25)18-6-5-16(19)13-17(18)20/h3-6,13H,7-12H2,1-2H3/p+1. The third-order valence-electron chi connectivity index (χ3n) is 5.05. The van der Waals surface area contributed by atoms with E-state index >= 15 is 0 Å². The number of hydrogen-bond donors (Lipinski definition) is 1. The van der Waals surface area contributed by atoms with Crippen LogP contribution in [-0.2, 0) is 16.6 Å². The lowest BCUT2D eigenvalue weighted by atomic mass is 10.3. The Hall–Kier alpha value is -1.77. The van der Waals surface area contributed by atoms with Gasteiger partial charge in [-0.05, 0) is 38.1 Å². The molecular formula is C18H24F2N3O2S+. The molecule has 1 aliphatic rings. The lowest BCUT2D eigenvalue weighted by Crippen LogP contribution is -3.15. The van der Waals surface area contributed by atoms with Gasteiger partial charge in [-0.3, -0.25) is 0 Å². The number of aryl methyl sites for hydroxylation is 2. The van der Waals surface area contributed by atoms with Gasteiger partial charge in [-0.1, -0.05) is 0 Å². The maximum absolute atomic E-state index is 13.9. The normalized spacial score (nSPS) is 16.9. The van der Waals surface area contributed by atoms with E-state index in [0.717, 1.165) is 25.2 Å². The van der Waals surface area contributed by atoms with E-state index in [2.05, 4.69) is 30.5 Å². The summed E-state index contributed by atoms with van der Waals surface area (Å²) in [5.41, 5.74) is 2.43. The highest BCUT2D eigenvalue weighted by molar-refractivity contribution is 7.89. The summed E-state index contributed by atoms with van der Waals surface area (Å²) in [5.74, 6) is -1.83. The molecule has 1 aliphatic heterocycles. The van der Waals surface area contributed by atoms with E-state index in [-0.39, 0.29) is 0 Å². The average Bonchev–Trinajstić information content (AvgIpc) is 2.91. The fraction of sp³-hybridized carbons (Fsp3) is 0.444. The second-order valence-corrected chi connectivity index (χ2v) is 8.65. The number of hydrogen-bond acceptors (Lipinski definition) is 2. The molecule has 5 nitrogen and oxygen atoms in total. The highest BCUT2D eigenvalue weighted by Crippen LogP contribution is 2.20. The lowest BCUT2D eigenvalue weighted by Gasteiger charge is -2.31. The van der Waals surface area contributed by atoms with Gasteiger partial charge in [0.05, 0.1) is 39.3 Å². The van der Waals surface area contributed by atoms with Crippen LogP contribution in [0.5, 0.6) is 0 Å². The molecule has 0 spiro atoms. The summed E-state index contributed by atoms with van der Waals surface area (Å²) in [4.78, 5) is 0.865. The largest absolute Gasteiger partial charge is 0.344 e. The molecule has 0 radical (unpaired) electrons. The number of rotatable bonds is 5. The molecule has 142 valence electrons. The van der Waals surface area contributed by atoms with Crippen molar-refractivity contribution in [1.29, 1.82) is 0 Å². The number of halogens is 2. The molecule has 2 aromatic rings. The predicted molar refractivity (Wildman–Crippen MR) is 94.6 cm³/mol.